The van der Waals surface area contributed by atoms with Crippen molar-refractivity contribution in [3.63, 3.8) is 0 Å². The fourth-order valence-corrected chi connectivity index (χ4v) is 6.59. The second kappa shape index (κ2) is 13.0. The molecule has 2 aliphatic rings. The molecule has 1 saturated heterocycles. The van der Waals surface area contributed by atoms with Gasteiger partial charge in [0.05, 0.1) is 16.8 Å². The number of hydrogen-bond acceptors (Lipinski definition) is 7. The van der Waals surface area contributed by atoms with E-state index in [9.17, 15) is 9.59 Å². The van der Waals surface area contributed by atoms with Gasteiger partial charge in [0, 0.05) is 55.6 Å². The summed E-state index contributed by atoms with van der Waals surface area (Å²) in [6.07, 6.45) is 0.750. The number of amides is 2. The molecule has 2 aliphatic heterocycles. The first-order chi connectivity index (χ1) is 19.7. The minimum atomic E-state index is -0.698. The second-order valence-corrected chi connectivity index (χ2v) is 13.0. The van der Waals surface area contributed by atoms with E-state index in [1.807, 2.05) is 19.9 Å². The van der Waals surface area contributed by atoms with E-state index >= 15 is 0 Å². The minimum absolute atomic E-state index is 0.0763. The third kappa shape index (κ3) is 6.79. The zero-order valence-corrected chi connectivity index (χ0v) is 25.9. The highest BCUT2D eigenvalue weighted by molar-refractivity contribution is 7.13. The Morgan fingerprint density at radius 2 is 1.88 bits per heavy atom. The van der Waals surface area contributed by atoms with Gasteiger partial charge in [-0.15, -0.1) is 0 Å². The maximum absolute atomic E-state index is 13.2. The van der Waals surface area contributed by atoms with E-state index in [0.29, 0.717) is 17.5 Å². The molecular weight excluding hydrogens is 558 g/mol. The minimum Gasteiger partial charge on any atom is -0.425 e. The molecule has 1 N–H and O–H groups in total. The Kier molecular flexibility index (Phi) is 9.36. The molecule has 3 aromatic rings. The van der Waals surface area contributed by atoms with E-state index in [4.69, 9.17) is 20.7 Å². The van der Waals surface area contributed by atoms with E-state index in [2.05, 4.69) is 59.3 Å². The number of anilines is 2. The number of fused-ring (bicyclic) bond motifs is 2. The highest BCUT2D eigenvalue weighted by atomic mass is 35.5. The van der Waals surface area contributed by atoms with Crippen molar-refractivity contribution in [3.8, 4) is 0 Å². The summed E-state index contributed by atoms with van der Waals surface area (Å²) in [6, 6.07) is 12.4. The Bertz CT molecular complexity index is 1390. The highest BCUT2D eigenvalue weighted by Crippen LogP contribution is 2.37. The summed E-state index contributed by atoms with van der Waals surface area (Å²) in [5.74, 6) is 1.42. The molecule has 1 fully saturated rings. The molecule has 41 heavy (non-hydrogen) atoms. The number of benzene rings is 2. The summed E-state index contributed by atoms with van der Waals surface area (Å²) >= 11 is 8.34. The summed E-state index contributed by atoms with van der Waals surface area (Å²) in [6.45, 7) is 13.4. The van der Waals surface area contributed by atoms with Crippen LogP contribution in [-0.2, 0) is 22.4 Å². The van der Waals surface area contributed by atoms with Crippen LogP contribution in [0, 0.1) is 11.8 Å². The number of aromatic nitrogens is 1. The molecule has 3 heterocycles. The summed E-state index contributed by atoms with van der Waals surface area (Å²) in [4.78, 5) is 32.1. The summed E-state index contributed by atoms with van der Waals surface area (Å²) in [7, 11) is 0. The van der Waals surface area contributed by atoms with Crippen molar-refractivity contribution in [2.45, 2.75) is 53.2 Å². The molecule has 220 valence electrons. The largest absolute Gasteiger partial charge is 0.425 e. The van der Waals surface area contributed by atoms with Gasteiger partial charge >= 0.3 is 6.09 Å². The number of piperazine rings is 1. The zero-order chi connectivity index (χ0) is 29.1. The molecule has 0 bridgehead atoms. The van der Waals surface area contributed by atoms with Crippen molar-refractivity contribution in [2.75, 3.05) is 49.1 Å². The van der Waals surface area contributed by atoms with Gasteiger partial charge in [0.1, 0.15) is 5.82 Å². The molecule has 5 rings (SSSR count). The molecule has 2 amide bonds. The first kappa shape index (κ1) is 29.6. The molecule has 10 heteroatoms. The predicted octanol–water partition coefficient (Wildman–Crippen LogP) is 5.96. The lowest BCUT2D eigenvalue weighted by atomic mass is 10.0. The van der Waals surface area contributed by atoms with Crippen LogP contribution in [0.25, 0.3) is 10.1 Å². The number of ether oxygens (including phenoxy) is 1. The third-order valence-corrected chi connectivity index (χ3v) is 9.06. The van der Waals surface area contributed by atoms with Crippen molar-refractivity contribution in [3.05, 3.63) is 52.5 Å². The van der Waals surface area contributed by atoms with Crippen LogP contribution in [0.2, 0.25) is 5.02 Å². The van der Waals surface area contributed by atoms with Gasteiger partial charge in [-0.2, -0.15) is 4.37 Å². The fourth-order valence-electron chi connectivity index (χ4n) is 5.54. The summed E-state index contributed by atoms with van der Waals surface area (Å²) in [5.41, 5.74) is 2.71. The molecule has 1 atom stereocenters. The number of halogens is 1. The van der Waals surface area contributed by atoms with E-state index in [0.717, 1.165) is 68.2 Å². The molecule has 0 saturated carbocycles. The average Bonchev–Trinajstić information content (AvgIpc) is 3.50. The zero-order valence-electron chi connectivity index (χ0n) is 24.4. The predicted molar refractivity (Wildman–Crippen MR) is 167 cm³/mol. The van der Waals surface area contributed by atoms with E-state index in [1.165, 1.54) is 10.1 Å². The highest BCUT2D eigenvalue weighted by Gasteiger charge is 2.37. The Morgan fingerprint density at radius 3 is 2.61 bits per heavy atom. The lowest BCUT2D eigenvalue weighted by Gasteiger charge is -2.35. The van der Waals surface area contributed by atoms with Gasteiger partial charge in [-0.3, -0.25) is 14.6 Å². The second-order valence-electron chi connectivity index (χ2n) is 11.7. The maximum Gasteiger partial charge on any atom is 0.409 e. The monoisotopic (exact) mass is 597 g/mol. The molecule has 8 nitrogen and oxygen atoms in total. The lowest BCUT2D eigenvalue weighted by Crippen LogP contribution is -2.47. The van der Waals surface area contributed by atoms with Crippen LogP contribution in [0.15, 0.2) is 36.4 Å². The van der Waals surface area contributed by atoms with Crippen LogP contribution in [0.5, 0.6) is 0 Å². The van der Waals surface area contributed by atoms with Crippen LogP contribution in [0.3, 0.4) is 0 Å². The van der Waals surface area contributed by atoms with Crippen LogP contribution in [-0.4, -0.2) is 66.8 Å². The Labute approximate surface area is 251 Å². The first-order valence-electron chi connectivity index (χ1n) is 14.6. The van der Waals surface area contributed by atoms with Crippen LogP contribution < -0.4 is 15.1 Å². The number of carbonyl (C=O) groups is 2. The van der Waals surface area contributed by atoms with E-state index in [-0.39, 0.29) is 18.2 Å². The number of carbonyl (C=O) groups excluding carboxylic acids is 2. The number of nitrogens with one attached hydrogen (secondary N) is 1. The van der Waals surface area contributed by atoms with Crippen molar-refractivity contribution in [2.24, 2.45) is 11.8 Å². The molecule has 0 aliphatic carbocycles. The quantitative estimate of drug-likeness (QED) is 0.311. The van der Waals surface area contributed by atoms with Gasteiger partial charge in [0.15, 0.2) is 6.23 Å². The van der Waals surface area contributed by atoms with Crippen molar-refractivity contribution in [1.29, 1.82) is 0 Å². The summed E-state index contributed by atoms with van der Waals surface area (Å²) in [5, 5.41) is 4.68. The molecular formula is C31H40ClN5O3S. The van der Waals surface area contributed by atoms with Crippen molar-refractivity contribution in [1.82, 2.24) is 14.6 Å². The Morgan fingerprint density at radius 1 is 1.12 bits per heavy atom. The Balaban J connectivity index is 1.19. The van der Waals surface area contributed by atoms with Gasteiger partial charge in [-0.1, -0.05) is 57.5 Å². The van der Waals surface area contributed by atoms with Gasteiger partial charge in [-0.25, -0.2) is 4.79 Å². The maximum atomic E-state index is 13.2. The molecule has 1 aromatic heterocycles. The molecule has 0 spiro atoms. The van der Waals surface area contributed by atoms with Crippen molar-refractivity contribution < 1.29 is 14.3 Å². The van der Waals surface area contributed by atoms with Crippen LogP contribution in [0.4, 0.5) is 16.3 Å². The number of alkyl carbamates (subject to hydrolysis) is 1. The Hall–Kier alpha value is -2.88. The smallest absolute Gasteiger partial charge is 0.409 e. The van der Waals surface area contributed by atoms with Gasteiger partial charge in [0.25, 0.3) is 0 Å². The number of nitrogens with zero attached hydrogens (tertiary/aromatic N) is 4. The number of rotatable bonds is 10. The van der Waals surface area contributed by atoms with Crippen molar-refractivity contribution >= 4 is 56.7 Å². The van der Waals surface area contributed by atoms with Gasteiger partial charge in [-0.05, 0) is 59.6 Å². The standard InChI is InChI=1S/C31H40ClN5O3S/c1-20(2)9-11-33-31(39)40-30(21(3)4)37-26-19-25(32)22(17-23(26)18-28(37)38)10-12-35-13-15-36(16-14-35)29-24-7-5-6-8-27(24)41-34-29/h5-8,17,19-21,30H,9-16,18H2,1-4H3,(H,33,39). The van der Waals surface area contributed by atoms with Crippen LogP contribution in [0.1, 0.15) is 45.2 Å². The first-order valence-corrected chi connectivity index (χ1v) is 15.8. The third-order valence-electron chi connectivity index (χ3n) is 7.89. The fraction of sp³-hybridized carbons (Fsp3) is 0.516. The lowest BCUT2D eigenvalue weighted by molar-refractivity contribution is -0.119. The van der Waals surface area contributed by atoms with Gasteiger partial charge in [0.2, 0.25) is 5.91 Å². The van der Waals surface area contributed by atoms with E-state index in [1.54, 1.807) is 16.4 Å². The van der Waals surface area contributed by atoms with Gasteiger partial charge < -0.3 is 15.0 Å². The normalized spacial score (nSPS) is 16.6. The summed E-state index contributed by atoms with van der Waals surface area (Å²) < 4.78 is 11.7. The molecule has 1 unspecified atom stereocenters. The number of hydrogen-bond donors (Lipinski definition) is 1. The average molecular weight is 598 g/mol. The SMILES string of the molecule is CC(C)CCNC(=O)OC(C(C)C)N1C(=O)Cc2cc(CCN3CCN(c4nsc5ccccc45)CC3)c(Cl)cc21. The molecule has 2 aromatic carbocycles. The molecule has 0 radical (unpaired) electrons. The topological polar surface area (TPSA) is 78.0 Å². The van der Waals surface area contributed by atoms with E-state index < -0.39 is 12.3 Å². The van der Waals surface area contributed by atoms with Crippen LogP contribution >= 0.6 is 23.1 Å².